The highest BCUT2D eigenvalue weighted by Gasteiger charge is 2.27. The Labute approximate surface area is 135 Å². The summed E-state index contributed by atoms with van der Waals surface area (Å²) in [5, 5.41) is 5.46. The Bertz CT molecular complexity index is 510. The minimum Gasteiger partial charge on any atom is -0.354 e. The van der Waals surface area contributed by atoms with Crippen LogP contribution in [0, 0.1) is 11.7 Å². The maximum atomic E-state index is 12.7. The van der Waals surface area contributed by atoms with Crippen molar-refractivity contribution < 1.29 is 14.0 Å². The second kappa shape index (κ2) is 8.70. The molecule has 7 heteroatoms. The van der Waals surface area contributed by atoms with Gasteiger partial charge in [-0.1, -0.05) is 0 Å². The number of rotatable bonds is 5. The van der Waals surface area contributed by atoms with E-state index in [-0.39, 0.29) is 42.0 Å². The minimum atomic E-state index is -0.381. The summed E-state index contributed by atoms with van der Waals surface area (Å²) >= 11 is 0. The number of hydrogen-bond donors (Lipinski definition) is 3. The summed E-state index contributed by atoms with van der Waals surface area (Å²) < 4.78 is 12.7. The van der Waals surface area contributed by atoms with Crippen LogP contribution >= 0.6 is 12.4 Å². The molecule has 5 nitrogen and oxygen atoms in total. The van der Waals surface area contributed by atoms with Gasteiger partial charge in [-0.05, 0) is 43.5 Å². The van der Waals surface area contributed by atoms with E-state index >= 15 is 0 Å². The van der Waals surface area contributed by atoms with Gasteiger partial charge in [-0.25, -0.2) is 4.39 Å². The van der Waals surface area contributed by atoms with E-state index < -0.39 is 0 Å². The summed E-state index contributed by atoms with van der Waals surface area (Å²) in [5.74, 6) is -0.674. The van der Waals surface area contributed by atoms with E-state index in [1.165, 1.54) is 24.3 Å². The van der Waals surface area contributed by atoms with Crippen molar-refractivity contribution in [2.24, 2.45) is 11.7 Å². The van der Waals surface area contributed by atoms with Crippen LogP contribution in [0.2, 0.25) is 0 Å². The highest BCUT2D eigenvalue weighted by Crippen LogP contribution is 2.23. The maximum Gasteiger partial charge on any atom is 0.251 e. The molecule has 122 valence electrons. The van der Waals surface area contributed by atoms with Crippen LogP contribution in [0.25, 0.3) is 0 Å². The molecule has 0 aromatic heterocycles. The highest BCUT2D eigenvalue weighted by atomic mass is 35.5. The van der Waals surface area contributed by atoms with Crippen LogP contribution in [0.3, 0.4) is 0 Å². The smallest absolute Gasteiger partial charge is 0.251 e. The number of nitrogens with two attached hydrogens (primary N) is 1. The number of amides is 2. The van der Waals surface area contributed by atoms with Crippen molar-refractivity contribution in [1.29, 1.82) is 0 Å². The first kappa shape index (κ1) is 18.4. The summed E-state index contributed by atoms with van der Waals surface area (Å²) in [5.41, 5.74) is 6.16. The zero-order valence-corrected chi connectivity index (χ0v) is 13.0. The van der Waals surface area contributed by atoms with Crippen molar-refractivity contribution in [2.45, 2.75) is 25.3 Å². The molecule has 1 saturated carbocycles. The SMILES string of the molecule is Cl.NC1CCC(C(=O)NCCNC(=O)c2ccc(F)cc2)C1. The van der Waals surface area contributed by atoms with E-state index in [9.17, 15) is 14.0 Å². The molecule has 1 aliphatic rings. The van der Waals surface area contributed by atoms with E-state index in [0.717, 1.165) is 19.3 Å². The lowest BCUT2D eigenvalue weighted by atomic mass is 10.1. The van der Waals surface area contributed by atoms with Gasteiger partial charge in [0.15, 0.2) is 0 Å². The molecular formula is C15H21ClFN3O2. The zero-order valence-electron chi connectivity index (χ0n) is 12.2. The molecule has 1 aromatic carbocycles. The fraction of sp³-hybridized carbons (Fsp3) is 0.467. The Morgan fingerprint density at radius 2 is 1.77 bits per heavy atom. The Balaban J connectivity index is 0.00000242. The van der Waals surface area contributed by atoms with Gasteiger partial charge >= 0.3 is 0 Å². The number of carbonyl (C=O) groups is 2. The lowest BCUT2D eigenvalue weighted by Crippen LogP contribution is -2.37. The van der Waals surface area contributed by atoms with Gasteiger partial charge in [0.1, 0.15) is 5.82 Å². The third-order valence-corrected chi connectivity index (χ3v) is 3.66. The van der Waals surface area contributed by atoms with Crippen LogP contribution in [0.1, 0.15) is 29.6 Å². The molecule has 1 aliphatic carbocycles. The molecule has 22 heavy (non-hydrogen) atoms. The molecule has 2 unspecified atom stereocenters. The Morgan fingerprint density at radius 1 is 1.14 bits per heavy atom. The Kier molecular flexibility index (Phi) is 7.27. The van der Waals surface area contributed by atoms with Gasteiger partial charge in [-0.15, -0.1) is 12.4 Å². The van der Waals surface area contributed by atoms with Crippen LogP contribution in [-0.2, 0) is 4.79 Å². The van der Waals surface area contributed by atoms with Gasteiger partial charge in [-0.3, -0.25) is 9.59 Å². The highest BCUT2D eigenvalue weighted by molar-refractivity contribution is 5.94. The normalized spacial score (nSPS) is 20.1. The van der Waals surface area contributed by atoms with Crippen molar-refractivity contribution >= 4 is 24.2 Å². The molecule has 4 N–H and O–H groups in total. The lowest BCUT2D eigenvalue weighted by Gasteiger charge is -2.11. The third-order valence-electron chi connectivity index (χ3n) is 3.66. The standard InChI is InChI=1S/C15H20FN3O2.ClH/c16-12-4-1-10(2-5-12)14(20)18-7-8-19-15(21)11-3-6-13(17)9-11;/h1-2,4-5,11,13H,3,6-9,17H2,(H,18,20)(H,19,21);1H. The molecule has 1 fully saturated rings. The Morgan fingerprint density at radius 3 is 2.36 bits per heavy atom. The summed E-state index contributed by atoms with van der Waals surface area (Å²) in [6, 6.07) is 5.44. The summed E-state index contributed by atoms with van der Waals surface area (Å²) in [4.78, 5) is 23.6. The molecule has 0 aliphatic heterocycles. The fourth-order valence-electron chi connectivity index (χ4n) is 2.46. The topological polar surface area (TPSA) is 84.2 Å². The van der Waals surface area contributed by atoms with Crippen molar-refractivity contribution in [1.82, 2.24) is 10.6 Å². The molecule has 0 bridgehead atoms. The average molecular weight is 330 g/mol. The predicted octanol–water partition coefficient (Wildman–Crippen LogP) is 1.22. The van der Waals surface area contributed by atoms with E-state index in [4.69, 9.17) is 5.73 Å². The fourth-order valence-corrected chi connectivity index (χ4v) is 2.46. The van der Waals surface area contributed by atoms with Gasteiger partial charge in [0, 0.05) is 30.6 Å². The van der Waals surface area contributed by atoms with E-state index in [1.807, 2.05) is 0 Å². The third kappa shape index (κ3) is 5.27. The van der Waals surface area contributed by atoms with Crippen LogP contribution in [0.15, 0.2) is 24.3 Å². The molecule has 2 atom stereocenters. The first-order valence-corrected chi connectivity index (χ1v) is 7.13. The zero-order chi connectivity index (χ0) is 15.2. The lowest BCUT2D eigenvalue weighted by molar-refractivity contribution is -0.124. The first-order chi connectivity index (χ1) is 10.1. The number of benzene rings is 1. The van der Waals surface area contributed by atoms with E-state index in [0.29, 0.717) is 18.7 Å². The largest absolute Gasteiger partial charge is 0.354 e. The quantitative estimate of drug-likeness (QED) is 0.710. The molecule has 0 heterocycles. The Hall–Kier alpha value is -1.66. The summed E-state index contributed by atoms with van der Waals surface area (Å²) in [6.07, 6.45) is 2.45. The number of hydrogen-bond acceptors (Lipinski definition) is 3. The molecule has 0 spiro atoms. The summed E-state index contributed by atoms with van der Waals surface area (Å²) in [6.45, 7) is 0.707. The molecule has 2 amide bonds. The maximum absolute atomic E-state index is 12.7. The summed E-state index contributed by atoms with van der Waals surface area (Å²) in [7, 11) is 0. The number of nitrogens with one attached hydrogen (secondary N) is 2. The van der Waals surface area contributed by atoms with Crippen LogP contribution in [-0.4, -0.2) is 30.9 Å². The molecular weight excluding hydrogens is 309 g/mol. The second-order valence-corrected chi connectivity index (χ2v) is 5.32. The van der Waals surface area contributed by atoms with Gasteiger partial charge in [0.2, 0.25) is 5.91 Å². The van der Waals surface area contributed by atoms with Crippen molar-refractivity contribution in [3.8, 4) is 0 Å². The molecule has 0 saturated heterocycles. The van der Waals surface area contributed by atoms with E-state index in [2.05, 4.69) is 10.6 Å². The van der Waals surface area contributed by atoms with Gasteiger partial charge in [0.25, 0.3) is 5.91 Å². The van der Waals surface area contributed by atoms with Gasteiger partial charge in [0.05, 0.1) is 0 Å². The molecule has 2 rings (SSSR count). The predicted molar refractivity (Wildman–Crippen MR) is 84.3 cm³/mol. The van der Waals surface area contributed by atoms with Crippen molar-refractivity contribution in [2.75, 3.05) is 13.1 Å². The van der Waals surface area contributed by atoms with Crippen LogP contribution in [0.5, 0.6) is 0 Å². The second-order valence-electron chi connectivity index (χ2n) is 5.32. The molecule has 0 radical (unpaired) electrons. The minimum absolute atomic E-state index is 0. The number of carbonyl (C=O) groups excluding carboxylic acids is 2. The average Bonchev–Trinajstić information content (AvgIpc) is 2.90. The molecule has 1 aromatic rings. The van der Waals surface area contributed by atoms with Crippen molar-refractivity contribution in [3.63, 3.8) is 0 Å². The van der Waals surface area contributed by atoms with Gasteiger partial charge in [-0.2, -0.15) is 0 Å². The monoisotopic (exact) mass is 329 g/mol. The van der Waals surface area contributed by atoms with E-state index in [1.54, 1.807) is 0 Å². The van der Waals surface area contributed by atoms with Crippen LogP contribution < -0.4 is 16.4 Å². The van der Waals surface area contributed by atoms with Gasteiger partial charge < -0.3 is 16.4 Å². The van der Waals surface area contributed by atoms with Crippen molar-refractivity contribution in [3.05, 3.63) is 35.6 Å². The van der Waals surface area contributed by atoms with Crippen LogP contribution in [0.4, 0.5) is 4.39 Å². The first-order valence-electron chi connectivity index (χ1n) is 7.13. The number of halogens is 2.